The Morgan fingerprint density at radius 1 is 0.667 bits per heavy atom. The number of aliphatic hydroxyl groups excluding tert-OH is 1. The Morgan fingerprint density at radius 2 is 1.11 bits per heavy atom. The maximum Gasteiger partial charge on any atom is 0.0552 e. The number of hydrogen-bond donors (Lipinski definition) is 2. The lowest BCUT2D eigenvalue weighted by atomic mass is 10.0. The quantitative estimate of drug-likeness (QED) is 0.273. The monoisotopic (exact) mass is 382 g/mol. The molecule has 1 rings (SSSR count). The normalized spacial score (nSPS) is 16.7. The second-order valence-corrected chi connectivity index (χ2v) is 8.77. The molecule has 0 radical (unpaired) electrons. The van der Waals surface area contributed by atoms with Gasteiger partial charge in [0.1, 0.15) is 0 Å². The number of rotatable bonds is 19. The lowest BCUT2D eigenvalue weighted by Crippen LogP contribution is -2.44. The van der Waals surface area contributed by atoms with Gasteiger partial charge < -0.3 is 15.3 Å². The summed E-state index contributed by atoms with van der Waals surface area (Å²) < 4.78 is 0. The molecule has 1 aliphatic rings. The van der Waals surface area contributed by atoms with Crippen LogP contribution in [0, 0.1) is 0 Å². The number of aliphatic hydroxyl groups is 1. The van der Waals surface area contributed by atoms with Gasteiger partial charge in [0.05, 0.1) is 6.10 Å². The number of nitrogens with zero attached hydrogens (tertiary/aromatic N) is 1. The molecule has 1 unspecified atom stereocenters. The predicted octanol–water partition coefficient (Wildman–Crippen LogP) is 5.90. The Labute approximate surface area is 170 Å². The van der Waals surface area contributed by atoms with Gasteiger partial charge in [0, 0.05) is 32.7 Å². The second-order valence-electron chi connectivity index (χ2n) is 8.77. The highest BCUT2D eigenvalue weighted by molar-refractivity contribution is 4.69. The van der Waals surface area contributed by atoms with E-state index in [0.29, 0.717) is 0 Å². The molecule has 2 N–H and O–H groups in total. The third-order valence-electron chi connectivity index (χ3n) is 6.13. The molecule has 0 saturated carbocycles. The van der Waals surface area contributed by atoms with Gasteiger partial charge in [-0.05, 0) is 12.8 Å². The lowest BCUT2D eigenvalue weighted by Gasteiger charge is -2.27. The van der Waals surface area contributed by atoms with E-state index in [1.807, 2.05) is 0 Å². The fraction of sp³-hybridized carbons (Fsp3) is 1.00. The summed E-state index contributed by atoms with van der Waals surface area (Å²) in [5.74, 6) is 0. The zero-order valence-corrected chi connectivity index (χ0v) is 18.5. The van der Waals surface area contributed by atoms with Crippen LogP contribution in [0.4, 0.5) is 0 Å². The van der Waals surface area contributed by atoms with E-state index in [0.717, 1.165) is 45.6 Å². The summed E-state index contributed by atoms with van der Waals surface area (Å²) in [7, 11) is 0. The molecule has 162 valence electrons. The van der Waals surface area contributed by atoms with Gasteiger partial charge >= 0.3 is 0 Å². The predicted molar refractivity (Wildman–Crippen MR) is 119 cm³/mol. The number of hydrogen-bond acceptors (Lipinski definition) is 3. The molecule has 0 spiro atoms. The highest BCUT2D eigenvalue weighted by Gasteiger charge is 2.11. The molecule has 1 heterocycles. The molecular formula is C24H50N2O. The topological polar surface area (TPSA) is 35.5 Å². The third kappa shape index (κ3) is 16.5. The van der Waals surface area contributed by atoms with Crippen molar-refractivity contribution in [2.45, 2.75) is 122 Å². The van der Waals surface area contributed by atoms with Crippen molar-refractivity contribution in [3.63, 3.8) is 0 Å². The smallest absolute Gasteiger partial charge is 0.0552 e. The van der Waals surface area contributed by atoms with Crippen LogP contribution >= 0.6 is 0 Å². The van der Waals surface area contributed by atoms with Crippen molar-refractivity contribution in [3.8, 4) is 0 Å². The zero-order valence-electron chi connectivity index (χ0n) is 18.5. The standard InChI is InChI=1S/C24H50N2O/c1-2-3-4-5-6-7-8-9-10-11-12-13-14-15-16-17-24(27)18-21-26-22-19-25-20-23-26/h24-25,27H,2-23H2,1H3. The van der Waals surface area contributed by atoms with Gasteiger partial charge in [0.25, 0.3) is 0 Å². The Hall–Kier alpha value is -0.120. The molecule has 0 amide bonds. The highest BCUT2D eigenvalue weighted by Crippen LogP contribution is 2.14. The third-order valence-corrected chi connectivity index (χ3v) is 6.13. The van der Waals surface area contributed by atoms with Crippen LogP contribution in [0.1, 0.15) is 116 Å². The van der Waals surface area contributed by atoms with Crippen LogP contribution in [0.3, 0.4) is 0 Å². The van der Waals surface area contributed by atoms with Crippen molar-refractivity contribution in [1.29, 1.82) is 0 Å². The van der Waals surface area contributed by atoms with Gasteiger partial charge in [-0.1, -0.05) is 103 Å². The van der Waals surface area contributed by atoms with E-state index < -0.39 is 0 Å². The average molecular weight is 383 g/mol. The van der Waals surface area contributed by atoms with Crippen LogP contribution in [0.5, 0.6) is 0 Å². The summed E-state index contributed by atoms with van der Waals surface area (Å²) in [5, 5.41) is 13.5. The van der Waals surface area contributed by atoms with Crippen molar-refractivity contribution >= 4 is 0 Å². The maximum atomic E-state index is 10.1. The summed E-state index contributed by atoms with van der Waals surface area (Å²) in [6.07, 6.45) is 23.0. The Morgan fingerprint density at radius 3 is 1.59 bits per heavy atom. The molecule has 0 aromatic rings. The minimum atomic E-state index is -0.0816. The summed E-state index contributed by atoms with van der Waals surface area (Å²) in [4.78, 5) is 2.48. The highest BCUT2D eigenvalue weighted by atomic mass is 16.3. The van der Waals surface area contributed by atoms with Crippen LogP contribution in [0.25, 0.3) is 0 Å². The molecule has 3 nitrogen and oxygen atoms in total. The minimum absolute atomic E-state index is 0.0816. The van der Waals surface area contributed by atoms with E-state index in [1.165, 1.54) is 96.3 Å². The number of piperazine rings is 1. The molecule has 0 bridgehead atoms. The Bertz CT molecular complexity index is 292. The minimum Gasteiger partial charge on any atom is -0.393 e. The molecular weight excluding hydrogens is 332 g/mol. The number of unbranched alkanes of at least 4 members (excludes halogenated alkanes) is 14. The van der Waals surface area contributed by atoms with E-state index in [4.69, 9.17) is 0 Å². The van der Waals surface area contributed by atoms with E-state index in [-0.39, 0.29) is 6.10 Å². The van der Waals surface area contributed by atoms with Crippen LogP contribution < -0.4 is 5.32 Å². The summed E-state index contributed by atoms with van der Waals surface area (Å²) in [6.45, 7) is 7.86. The van der Waals surface area contributed by atoms with E-state index >= 15 is 0 Å². The first-order chi connectivity index (χ1) is 13.3. The van der Waals surface area contributed by atoms with Crippen LogP contribution in [-0.4, -0.2) is 48.8 Å². The second kappa shape index (κ2) is 19.2. The van der Waals surface area contributed by atoms with Crippen molar-refractivity contribution in [2.75, 3.05) is 32.7 Å². The average Bonchev–Trinajstić information content (AvgIpc) is 2.70. The Kier molecular flexibility index (Phi) is 17.7. The fourth-order valence-corrected chi connectivity index (χ4v) is 4.16. The van der Waals surface area contributed by atoms with Crippen molar-refractivity contribution in [1.82, 2.24) is 10.2 Å². The number of nitrogens with one attached hydrogen (secondary N) is 1. The van der Waals surface area contributed by atoms with Gasteiger partial charge in [0.15, 0.2) is 0 Å². The van der Waals surface area contributed by atoms with Gasteiger partial charge in [-0.2, -0.15) is 0 Å². The SMILES string of the molecule is CCCCCCCCCCCCCCCCCC(O)CCN1CCNCC1. The van der Waals surface area contributed by atoms with Gasteiger partial charge in [0.2, 0.25) is 0 Å². The van der Waals surface area contributed by atoms with Crippen molar-refractivity contribution in [3.05, 3.63) is 0 Å². The molecule has 27 heavy (non-hydrogen) atoms. The molecule has 1 fully saturated rings. The molecule has 1 atom stereocenters. The zero-order chi connectivity index (χ0) is 19.4. The molecule has 0 aliphatic carbocycles. The first-order valence-electron chi connectivity index (χ1n) is 12.4. The van der Waals surface area contributed by atoms with Gasteiger partial charge in [-0.15, -0.1) is 0 Å². The molecule has 1 saturated heterocycles. The lowest BCUT2D eigenvalue weighted by molar-refractivity contribution is 0.125. The first-order valence-corrected chi connectivity index (χ1v) is 12.4. The molecule has 1 aliphatic heterocycles. The van der Waals surface area contributed by atoms with E-state index in [2.05, 4.69) is 17.1 Å². The van der Waals surface area contributed by atoms with E-state index in [1.54, 1.807) is 0 Å². The van der Waals surface area contributed by atoms with Gasteiger partial charge in [-0.3, -0.25) is 0 Å². The summed E-state index contributed by atoms with van der Waals surface area (Å²) >= 11 is 0. The summed E-state index contributed by atoms with van der Waals surface area (Å²) in [5.41, 5.74) is 0. The van der Waals surface area contributed by atoms with Gasteiger partial charge in [-0.25, -0.2) is 0 Å². The fourth-order valence-electron chi connectivity index (χ4n) is 4.16. The van der Waals surface area contributed by atoms with Crippen molar-refractivity contribution < 1.29 is 5.11 Å². The molecule has 0 aromatic carbocycles. The largest absolute Gasteiger partial charge is 0.393 e. The molecule has 3 heteroatoms. The Balaban J connectivity index is 1.72. The first kappa shape index (κ1) is 24.9. The summed E-state index contributed by atoms with van der Waals surface area (Å²) in [6, 6.07) is 0. The van der Waals surface area contributed by atoms with Crippen LogP contribution in [0.2, 0.25) is 0 Å². The van der Waals surface area contributed by atoms with E-state index in [9.17, 15) is 5.11 Å². The van der Waals surface area contributed by atoms with Crippen molar-refractivity contribution in [2.24, 2.45) is 0 Å². The molecule has 0 aromatic heterocycles. The maximum absolute atomic E-state index is 10.1. The van der Waals surface area contributed by atoms with Crippen LogP contribution in [0.15, 0.2) is 0 Å². The van der Waals surface area contributed by atoms with Crippen LogP contribution in [-0.2, 0) is 0 Å².